The van der Waals surface area contributed by atoms with E-state index in [1.54, 1.807) is 11.8 Å². The van der Waals surface area contributed by atoms with Crippen LogP contribution in [-0.2, 0) is 6.54 Å². The van der Waals surface area contributed by atoms with E-state index in [-0.39, 0.29) is 24.9 Å². The Kier molecular flexibility index (Phi) is 8.33. The number of allylic oxidation sites excluding steroid dienone is 1. The first-order chi connectivity index (χ1) is 9.76. The van der Waals surface area contributed by atoms with E-state index in [4.69, 9.17) is 5.11 Å². The highest BCUT2D eigenvalue weighted by Crippen LogP contribution is 2.28. The molecule has 0 bridgehead atoms. The van der Waals surface area contributed by atoms with Crippen LogP contribution in [0.2, 0.25) is 0 Å². The molecule has 2 N–H and O–H groups in total. The van der Waals surface area contributed by atoms with E-state index in [1.807, 2.05) is 13.0 Å². The molecule has 1 aromatic rings. The Morgan fingerprint density at radius 3 is 2.81 bits per heavy atom. The van der Waals surface area contributed by atoms with E-state index < -0.39 is 0 Å². The summed E-state index contributed by atoms with van der Waals surface area (Å²) in [5, 5.41) is 22.2. The first-order valence-corrected chi connectivity index (χ1v) is 8.23. The quantitative estimate of drug-likeness (QED) is 0.591. The van der Waals surface area contributed by atoms with Gasteiger partial charge in [-0.25, -0.2) is 0 Å². The standard InChI is InChI=1S/C14H24N4OS.ClH/c1-3-8-18-13(12-4-6-15-7-5-12)16-17-14(18)20-10-11(2)9-19;/h3,11-12,15,19H,1,4-10H2,2H3;1H/t11-;/m1./s1. The number of hydrogen-bond donors (Lipinski definition) is 2. The minimum absolute atomic E-state index is 0. The van der Waals surface area contributed by atoms with E-state index in [0.717, 1.165) is 49.2 Å². The zero-order valence-electron chi connectivity index (χ0n) is 12.5. The van der Waals surface area contributed by atoms with Gasteiger partial charge in [-0.05, 0) is 31.8 Å². The molecule has 0 aliphatic carbocycles. The first-order valence-electron chi connectivity index (χ1n) is 7.24. The van der Waals surface area contributed by atoms with E-state index >= 15 is 0 Å². The average molecular weight is 333 g/mol. The lowest BCUT2D eigenvalue weighted by Crippen LogP contribution is -2.28. The molecule has 1 atom stereocenters. The lowest BCUT2D eigenvalue weighted by molar-refractivity contribution is 0.250. The van der Waals surface area contributed by atoms with Crippen LogP contribution < -0.4 is 5.32 Å². The maximum absolute atomic E-state index is 9.12. The van der Waals surface area contributed by atoms with Gasteiger partial charge in [0.25, 0.3) is 0 Å². The van der Waals surface area contributed by atoms with Crippen molar-refractivity contribution in [2.24, 2.45) is 5.92 Å². The molecule has 2 rings (SSSR count). The number of aliphatic hydroxyl groups excluding tert-OH is 1. The van der Waals surface area contributed by atoms with Crippen LogP contribution in [0.4, 0.5) is 0 Å². The second-order valence-electron chi connectivity index (χ2n) is 5.36. The topological polar surface area (TPSA) is 63.0 Å². The van der Waals surface area contributed by atoms with Crippen molar-refractivity contribution in [2.45, 2.75) is 37.4 Å². The molecule has 120 valence electrons. The first kappa shape index (κ1) is 18.5. The van der Waals surface area contributed by atoms with Crippen molar-refractivity contribution in [3.8, 4) is 0 Å². The molecule has 0 spiro atoms. The smallest absolute Gasteiger partial charge is 0.191 e. The van der Waals surface area contributed by atoms with Crippen molar-refractivity contribution in [2.75, 3.05) is 25.4 Å². The summed E-state index contributed by atoms with van der Waals surface area (Å²) >= 11 is 1.67. The van der Waals surface area contributed by atoms with Crippen LogP contribution in [0.1, 0.15) is 31.5 Å². The van der Waals surface area contributed by atoms with Gasteiger partial charge >= 0.3 is 0 Å². The van der Waals surface area contributed by atoms with Gasteiger partial charge < -0.3 is 15.0 Å². The lowest BCUT2D eigenvalue weighted by Gasteiger charge is -2.22. The lowest BCUT2D eigenvalue weighted by atomic mass is 9.97. The molecule has 0 aromatic carbocycles. The number of aliphatic hydroxyl groups is 1. The normalized spacial score (nSPS) is 17.2. The summed E-state index contributed by atoms with van der Waals surface area (Å²) in [6.07, 6.45) is 4.13. The molecule has 2 heterocycles. The third-order valence-electron chi connectivity index (χ3n) is 3.57. The number of nitrogens with zero attached hydrogens (tertiary/aromatic N) is 3. The van der Waals surface area contributed by atoms with E-state index in [1.165, 1.54) is 0 Å². The van der Waals surface area contributed by atoms with Crippen LogP contribution in [0.5, 0.6) is 0 Å². The highest BCUT2D eigenvalue weighted by molar-refractivity contribution is 7.99. The van der Waals surface area contributed by atoms with Gasteiger partial charge in [-0.1, -0.05) is 24.8 Å². The van der Waals surface area contributed by atoms with Gasteiger partial charge in [0.1, 0.15) is 5.82 Å². The number of halogens is 1. The van der Waals surface area contributed by atoms with E-state index in [9.17, 15) is 0 Å². The Hall–Kier alpha value is -0.560. The van der Waals surface area contributed by atoms with Crippen molar-refractivity contribution in [3.05, 3.63) is 18.5 Å². The molecule has 0 amide bonds. The summed E-state index contributed by atoms with van der Waals surface area (Å²) in [6.45, 7) is 8.94. The Morgan fingerprint density at radius 2 is 2.19 bits per heavy atom. The van der Waals surface area contributed by atoms with Gasteiger partial charge in [0.15, 0.2) is 5.16 Å². The number of hydrogen-bond acceptors (Lipinski definition) is 5. The summed E-state index contributed by atoms with van der Waals surface area (Å²) in [6, 6.07) is 0. The van der Waals surface area contributed by atoms with Crippen LogP contribution in [-0.4, -0.2) is 45.3 Å². The fourth-order valence-corrected chi connectivity index (χ4v) is 3.32. The maximum atomic E-state index is 9.12. The fraction of sp³-hybridized carbons (Fsp3) is 0.714. The molecule has 1 aliphatic heterocycles. The van der Waals surface area contributed by atoms with E-state index in [2.05, 4.69) is 26.7 Å². The number of aromatic nitrogens is 3. The highest BCUT2D eigenvalue weighted by atomic mass is 35.5. The molecule has 0 unspecified atom stereocenters. The third-order valence-corrected chi connectivity index (χ3v) is 4.87. The number of thioether (sulfide) groups is 1. The monoisotopic (exact) mass is 332 g/mol. The molecule has 1 aliphatic rings. The van der Waals surface area contributed by atoms with Gasteiger partial charge in [0, 0.05) is 24.8 Å². The molecular formula is C14H25ClN4OS. The van der Waals surface area contributed by atoms with Gasteiger partial charge in [-0.3, -0.25) is 0 Å². The molecule has 0 saturated carbocycles. The van der Waals surface area contributed by atoms with Crippen LogP contribution >= 0.6 is 24.2 Å². The Balaban J connectivity index is 0.00000220. The number of piperidine rings is 1. The van der Waals surface area contributed by atoms with Crippen LogP contribution in [0.15, 0.2) is 17.8 Å². The summed E-state index contributed by atoms with van der Waals surface area (Å²) in [5.41, 5.74) is 0. The molecule has 1 aromatic heterocycles. The molecule has 7 heteroatoms. The summed E-state index contributed by atoms with van der Waals surface area (Å²) < 4.78 is 2.18. The van der Waals surface area contributed by atoms with Crippen LogP contribution in [0.3, 0.4) is 0 Å². The van der Waals surface area contributed by atoms with Crippen molar-refractivity contribution >= 4 is 24.2 Å². The summed E-state index contributed by atoms with van der Waals surface area (Å²) in [7, 11) is 0. The molecule has 0 radical (unpaired) electrons. The predicted octanol–water partition coefficient (Wildman–Crippen LogP) is 2.07. The largest absolute Gasteiger partial charge is 0.396 e. The van der Waals surface area contributed by atoms with Crippen molar-refractivity contribution in [1.29, 1.82) is 0 Å². The Labute approximate surface area is 137 Å². The molecule has 21 heavy (non-hydrogen) atoms. The third kappa shape index (κ3) is 4.98. The summed E-state index contributed by atoms with van der Waals surface area (Å²) in [4.78, 5) is 0. The van der Waals surface area contributed by atoms with Crippen molar-refractivity contribution in [1.82, 2.24) is 20.1 Å². The zero-order valence-corrected chi connectivity index (χ0v) is 14.1. The predicted molar refractivity (Wildman–Crippen MR) is 89.3 cm³/mol. The molecule has 5 nitrogen and oxygen atoms in total. The van der Waals surface area contributed by atoms with Crippen LogP contribution in [0.25, 0.3) is 0 Å². The van der Waals surface area contributed by atoms with Gasteiger partial charge in [0.2, 0.25) is 0 Å². The highest BCUT2D eigenvalue weighted by Gasteiger charge is 2.23. The van der Waals surface area contributed by atoms with E-state index in [0.29, 0.717) is 5.92 Å². The Morgan fingerprint density at radius 1 is 1.48 bits per heavy atom. The van der Waals surface area contributed by atoms with Gasteiger partial charge in [-0.2, -0.15) is 0 Å². The molecule has 1 saturated heterocycles. The minimum atomic E-state index is 0. The van der Waals surface area contributed by atoms with Gasteiger partial charge in [-0.15, -0.1) is 29.2 Å². The average Bonchev–Trinajstić information content (AvgIpc) is 2.89. The Bertz CT molecular complexity index is 435. The number of nitrogens with one attached hydrogen (secondary N) is 1. The minimum Gasteiger partial charge on any atom is -0.396 e. The number of rotatable bonds is 7. The molecule has 1 fully saturated rings. The maximum Gasteiger partial charge on any atom is 0.191 e. The zero-order chi connectivity index (χ0) is 14.4. The summed E-state index contributed by atoms with van der Waals surface area (Å²) in [5.74, 6) is 2.72. The molecular weight excluding hydrogens is 308 g/mol. The van der Waals surface area contributed by atoms with Crippen molar-refractivity contribution < 1.29 is 5.11 Å². The second kappa shape index (κ2) is 9.46. The van der Waals surface area contributed by atoms with Crippen LogP contribution in [0, 0.1) is 5.92 Å². The van der Waals surface area contributed by atoms with Crippen molar-refractivity contribution in [3.63, 3.8) is 0 Å². The van der Waals surface area contributed by atoms with Gasteiger partial charge in [0.05, 0.1) is 0 Å². The SMILES string of the molecule is C=CCn1c(SC[C@H](C)CO)nnc1C1CCNCC1.Cl. The second-order valence-corrected chi connectivity index (χ2v) is 6.35. The fourth-order valence-electron chi connectivity index (χ4n) is 2.36.